The van der Waals surface area contributed by atoms with Crippen LogP contribution < -0.4 is 4.74 Å². The van der Waals surface area contributed by atoms with Crippen LogP contribution in [0.4, 0.5) is 0 Å². The average molecular weight is 414 g/mol. The number of hydrogen-bond donors (Lipinski definition) is 0. The molecule has 1 heterocycles. The summed E-state index contributed by atoms with van der Waals surface area (Å²) in [5, 5.41) is 0. The third-order valence-corrected chi connectivity index (χ3v) is 7.96. The summed E-state index contributed by atoms with van der Waals surface area (Å²) in [5.74, 6) is 4.97. The van der Waals surface area contributed by atoms with E-state index in [9.17, 15) is 0 Å². The third kappa shape index (κ3) is 8.23. The Hall–Kier alpha value is -1.05. The molecule has 2 aliphatic rings. The molecule has 0 unspecified atom stereocenters. The summed E-state index contributed by atoms with van der Waals surface area (Å²) in [7, 11) is 0. The van der Waals surface area contributed by atoms with Crippen LogP contribution >= 0.6 is 0 Å². The minimum absolute atomic E-state index is 0.782. The topological polar surface area (TPSA) is 22.1 Å². The van der Waals surface area contributed by atoms with Crippen molar-refractivity contribution in [3.63, 3.8) is 0 Å². The first-order chi connectivity index (χ1) is 14.8. The molecule has 0 bridgehead atoms. The molecule has 0 saturated heterocycles. The summed E-state index contributed by atoms with van der Waals surface area (Å²) in [4.78, 5) is 4.61. The summed E-state index contributed by atoms with van der Waals surface area (Å²) in [6, 6.07) is 4.25. The van der Waals surface area contributed by atoms with Gasteiger partial charge in [-0.15, -0.1) is 0 Å². The van der Waals surface area contributed by atoms with Crippen molar-refractivity contribution in [1.82, 2.24) is 4.98 Å². The molecular formula is C28H47NO. The smallest absolute Gasteiger partial charge is 0.137 e. The Morgan fingerprint density at radius 1 is 0.733 bits per heavy atom. The Kier molecular flexibility index (Phi) is 10.5. The van der Waals surface area contributed by atoms with Gasteiger partial charge in [0.05, 0.1) is 12.8 Å². The normalized spacial score (nSPS) is 27.1. The number of nitrogens with zero attached hydrogens (tertiary/aromatic N) is 1. The second kappa shape index (κ2) is 13.4. The first-order valence-electron chi connectivity index (χ1n) is 13.3. The molecule has 1 aromatic heterocycles. The van der Waals surface area contributed by atoms with Crippen molar-refractivity contribution in [1.29, 1.82) is 0 Å². The van der Waals surface area contributed by atoms with Crippen LogP contribution in [0.5, 0.6) is 5.75 Å². The third-order valence-electron chi connectivity index (χ3n) is 7.96. The van der Waals surface area contributed by atoms with E-state index < -0.39 is 0 Å². The maximum atomic E-state index is 5.64. The highest BCUT2D eigenvalue weighted by atomic mass is 16.5. The van der Waals surface area contributed by atoms with Crippen molar-refractivity contribution < 1.29 is 4.74 Å². The summed E-state index contributed by atoms with van der Waals surface area (Å²) in [6.45, 7) is 5.25. The minimum atomic E-state index is 0.782. The first kappa shape index (κ1) is 23.6. The average Bonchev–Trinajstić information content (AvgIpc) is 2.80. The zero-order valence-corrected chi connectivity index (χ0v) is 19.9. The molecule has 0 N–H and O–H groups in total. The van der Waals surface area contributed by atoms with Crippen molar-refractivity contribution >= 4 is 0 Å². The van der Waals surface area contributed by atoms with Gasteiger partial charge in [0.2, 0.25) is 0 Å². The molecule has 1 aromatic rings. The Morgan fingerprint density at radius 3 is 1.80 bits per heavy atom. The molecule has 2 nitrogen and oxygen atoms in total. The lowest BCUT2D eigenvalue weighted by Gasteiger charge is -2.32. The van der Waals surface area contributed by atoms with Gasteiger partial charge in [0.15, 0.2) is 0 Å². The molecule has 30 heavy (non-hydrogen) atoms. The molecule has 2 fully saturated rings. The Morgan fingerprint density at radius 2 is 1.30 bits per heavy atom. The van der Waals surface area contributed by atoms with E-state index in [-0.39, 0.29) is 0 Å². The van der Waals surface area contributed by atoms with Gasteiger partial charge < -0.3 is 4.74 Å². The van der Waals surface area contributed by atoms with E-state index in [2.05, 4.69) is 31.0 Å². The lowest BCUT2D eigenvalue weighted by molar-refractivity contribution is 0.208. The number of hydrogen-bond acceptors (Lipinski definition) is 2. The van der Waals surface area contributed by atoms with E-state index in [1.807, 2.05) is 6.20 Å². The molecular weight excluding hydrogens is 366 g/mol. The van der Waals surface area contributed by atoms with Crippen molar-refractivity contribution in [2.24, 2.45) is 23.7 Å². The fraction of sp³-hybridized carbons (Fsp3) is 0.821. The summed E-state index contributed by atoms with van der Waals surface area (Å²) in [5.41, 5.74) is 1.23. The summed E-state index contributed by atoms with van der Waals surface area (Å²) < 4.78 is 5.64. The standard InChI is InChI=1S/C28H47NO/c1-3-5-6-23-7-9-24(10-8-23)11-12-25-13-15-26(16-14-25)17-18-27-19-20-28(22-29-27)30-21-4-2/h19-20,22-26H,3-18,21H2,1-2H3. The van der Waals surface area contributed by atoms with Gasteiger partial charge in [-0.1, -0.05) is 97.3 Å². The molecule has 0 atom stereocenters. The lowest BCUT2D eigenvalue weighted by Crippen LogP contribution is -2.18. The molecule has 2 saturated carbocycles. The van der Waals surface area contributed by atoms with E-state index >= 15 is 0 Å². The summed E-state index contributed by atoms with van der Waals surface area (Å²) >= 11 is 0. The van der Waals surface area contributed by atoms with E-state index in [4.69, 9.17) is 4.74 Å². The SMILES string of the molecule is CCCCC1CCC(CCC2CCC(CCc3ccc(OCCC)cn3)CC2)CC1. The molecule has 2 heteroatoms. The number of pyridine rings is 1. The predicted molar refractivity (Wildman–Crippen MR) is 128 cm³/mol. The zero-order valence-electron chi connectivity index (χ0n) is 19.9. The fourth-order valence-corrected chi connectivity index (χ4v) is 5.80. The number of unbranched alkanes of at least 4 members (excludes halogenated alkanes) is 1. The van der Waals surface area contributed by atoms with Gasteiger partial charge in [0.1, 0.15) is 5.75 Å². The van der Waals surface area contributed by atoms with Crippen LogP contribution in [0.1, 0.15) is 116 Å². The second-order valence-corrected chi connectivity index (χ2v) is 10.4. The van der Waals surface area contributed by atoms with Gasteiger partial charge in [-0.05, 0) is 55.1 Å². The molecule has 3 rings (SSSR count). The second-order valence-electron chi connectivity index (χ2n) is 10.4. The van der Waals surface area contributed by atoms with Gasteiger partial charge in [-0.3, -0.25) is 4.98 Å². The van der Waals surface area contributed by atoms with Crippen LogP contribution in [0, 0.1) is 23.7 Å². The first-order valence-corrected chi connectivity index (χ1v) is 13.3. The maximum Gasteiger partial charge on any atom is 0.137 e. The Balaban J connectivity index is 1.25. The number of rotatable bonds is 12. The number of aromatic nitrogens is 1. The lowest BCUT2D eigenvalue weighted by atomic mass is 9.74. The van der Waals surface area contributed by atoms with Gasteiger partial charge in [0.25, 0.3) is 0 Å². The summed E-state index contributed by atoms with van der Waals surface area (Å²) in [6.07, 6.45) is 24.7. The van der Waals surface area contributed by atoms with Crippen LogP contribution in [0.2, 0.25) is 0 Å². The molecule has 0 spiro atoms. The molecule has 0 amide bonds. The Bertz CT molecular complexity index is 553. The van der Waals surface area contributed by atoms with Crippen LogP contribution in [-0.4, -0.2) is 11.6 Å². The van der Waals surface area contributed by atoms with E-state index in [1.165, 1.54) is 95.6 Å². The van der Waals surface area contributed by atoms with Crippen LogP contribution in [0.15, 0.2) is 18.3 Å². The molecule has 0 aliphatic heterocycles. The highest BCUT2D eigenvalue weighted by Crippen LogP contribution is 2.38. The van der Waals surface area contributed by atoms with Crippen molar-refractivity contribution in [2.45, 2.75) is 117 Å². The molecule has 0 aromatic carbocycles. The van der Waals surface area contributed by atoms with Crippen LogP contribution in [0.3, 0.4) is 0 Å². The van der Waals surface area contributed by atoms with E-state index in [0.717, 1.165) is 48.9 Å². The maximum absolute atomic E-state index is 5.64. The van der Waals surface area contributed by atoms with E-state index in [0.29, 0.717) is 0 Å². The highest BCUT2D eigenvalue weighted by Gasteiger charge is 2.24. The van der Waals surface area contributed by atoms with Crippen molar-refractivity contribution in [3.8, 4) is 5.75 Å². The zero-order chi connectivity index (χ0) is 21.0. The highest BCUT2D eigenvalue weighted by molar-refractivity contribution is 5.19. The van der Waals surface area contributed by atoms with E-state index in [1.54, 1.807) is 0 Å². The quantitative estimate of drug-likeness (QED) is 0.343. The molecule has 2 aliphatic carbocycles. The largest absolute Gasteiger partial charge is 0.492 e. The monoisotopic (exact) mass is 413 g/mol. The van der Waals surface area contributed by atoms with Crippen molar-refractivity contribution in [2.75, 3.05) is 6.61 Å². The van der Waals surface area contributed by atoms with Gasteiger partial charge in [-0.2, -0.15) is 0 Å². The number of aryl methyl sites for hydroxylation is 1. The van der Waals surface area contributed by atoms with Crippen molar-refractivity contribution in [3.05, 3.63) is 24.0 Å². The van der Waals surface area contributed by atoms with Crippen LogP contribution in [0.25, 0.3) is 0 Å². The molecule has 0 radical (unpaired) electrons. The fourth-order valence-electron chi connectivity index (χ4n) is 5.80. The minimum Gasteiger partial charge on any atom is -0.492 e. The van der Waals surface area contributed by atoms with Gasteiger partial charge in [-0.25, -0.2) is 0 Å². The number of ether oxygens (including phenoxy) is 1. The van der Waals surface area contributed by atoms with Crippen LogP contribution in [-0.2, 0) is 6.42 Å². The predicted octanol–water partition coefficient (Wildman–Crippen LogP) is 8.39. The van der Waals surface area contributed by atoms with Gasteiger partial charge >= 0.3 is 0 Å². The Labute approximate surface area is 186 Å². The molecule has 170 valence electrons. The van der Waals surface area contributed by atoms with Gasteiger partial charge in [0, 0.05) is 5.69 Å².